The molecule has 0 unspecified atom stereocenters. The predicted octanol–water partition coefficient (Wildman–Crippen LogP) is 2.18. The SMILES string of the molecule is COc1ccccc1OCCN1C[C@H](C)OC[C@H]1C. The van der Waals surface area contributed by atoms with Crippen LogP contribution < -0.4 is 9.47 Å². The topological polar surface area (TPSA) is 30.9 Å². The predicted molar refractivity (Wildman–Crippen MR) is 74.9 cm³/mol. The number of para-hydroxylation sites is 2. The van der Waals surface area contributed by atoms with Gasteiger partial charge in [0.25, 0.3) is 0 Å². The third kappa shape index (κ3) is 3.85. The van der Waals surface area contributed by atoms with Gasteiger partial charge in [0.1, 0.15) is 6.61 Å². The Balaban J connectivity index is 1.82. The van der Waals surface area contributed by atoms with Crippen molar-refractivity contribution in [2.75, 3.05) is 33.4 Å². The average Bonchev–Trinajstić information content (AvgIpc) is 2.43. The van der Waals surface area contributed by atoms with E-state index in [9.17, 15) is 0 Å². The van der Waals surface area contributed by atoms with E-state index in [1.54, 1.807) is 7.11 Å². The summed E-state index contributed by atoms with van der Waals surface area (Å²) in [6, 6.07) is 8.20. The zero-order valence-electron chi connectivity index (χ0n) is 12.0. The highest BCUT2D eigenvalue weighted by Crippen LogP contribution is 2.25. The highest BCUT2D eigenvalue weighted by atomic mass is 16.5. The molecule has 0 bridgehead atoms. The smallest absolute Gasteiger partial charge is 0.161 e. The number of hydrogen-bond donors (Lipinski definition) is 0. The lowest BCUT2D eigenvalue weighted by Crippen LogP contribution is -2.48. The van der Waals surface area contributed by atoms with Crippen molar-refractivity contribution < 1.29 is 14.2 Å². The molecule has 2 rings (SSSR count). The Morgan fingerprint density at radius 2 is 2.00 bits per heavy atom. The molecule has 1 aromatic carbocycles. The Hall–Kier alpha value is -1.26. The maximum atomic E-state index is 5.81. The van der Waals surface area contributed by atoms with Gasteiger partial charge in [-0.15, -0.1) is 0 Å². The number of morpholine rings is 1. The Morgan fingerprint density at radius 3 is 2.74 bits per heavy atom. The molecule has 0 aliphatic carbocycles. The molecule has 1 aliphatic heterocycles. The molecular formula is C15H23NO3. The first-order valence-electron chi connectivity index (χ1n) is 6.82. The second kappa shape index (κ2) is 6.78. The van der Waals surface area contributed by atoms with Crippen LogP contribution in [-0.2, 0) is 4.74 Å². The van der Waals surface area contributed by atoms with Crippen LogP contribution in [0.2, 0.25) is 0 Å². The summed E-state index contributed by atoms with van der Waals surface area (Å²) in [7, 11) is 1.66. The second-order valence-electron chi connectivity index (χ2n) is 4.99. The van der Waals surface area contributed by atoms with Crippen LogP contribution in [0.25, 0.3) is 0 Å². The van der Waals surface area contributed by atoms with Gasteiger partial charge >= 0.3 is 0 Å². The summed E-state index contributed by atoms with van der Waals surface area (Å²) in [5.41, 5.74) is 0. The number of hydrogen-bond acceptors (Lipinski definition) is 4. The molecule has 0 radical (unpaired) electrons. The maximum absolute atomic E-state index is 5.81. The molecule has 0 aromatic heterocycles. The van der Waals surface area contributed by atoms with Crippen LogP contribution in [0.15, 0.2) is 24.3 Å². The summed E-state index contributed by atoms with van der Waals surface area (Å²) in [5.74, 6) is 1.59. The fraction of sp³-hybridized carbons (Fsp3) is 0.600. The van der Waals surface area contributed by atoms with Gasteiger partial charge in [-0.05, 0) is 26.0 Å². The van der Waals surface area contributed by atoms with Gasteiger partial charge in [-0.1, -0.05) is 12.1 Å². The molecule has 19 heavy (non-hydrogen) atoms. The molecule has 0 N–H and O–H groups in total. The van der Waals surface area contributed by atoms with Crippen molar-refractivity contribution >= 4 is 0 Å². The van der Waals surface area contributed by atoms with E-state index in [0.29, 0.717) is 18.8 Å². The quantitative estimate of drug-likeness (QED) is 0.816. The molecule has 1 aromatic rings. The summed E-state index contributed by atoms with van der Waals surface area (Å²) >= 11 is 0. The number of benzene rings is 1. The minimum absolute atomic E-state index is 0.308. The van der Waals surface area contributed by atoms with Gasteiger partial charge < -0.3 is 14.2 Å². The summed E-state index contributed by atoms with van der Waals surface area (Å²) < 4.78 is 16.7. The van der Waals surface area contributed by atoms with Gasteiger partial charge in [-0.25, -0.2) is 0 Å². The van der Waals surface area contributed by atoms with Crippen LogP contribution in [0.4, 0.5) is 0 Å². The third-order valence-corrected chi connectivity index (χ3v) is 3.44. The minimum atomic E-state index is 0.308. The van der Waals surface area contributed by atoms with E-state index in [1.807, 2.05) is 24.3 Å². The van der Waals surface area contributed by atoms with Crippen LogP contribution in [0, 0.1) is 0 Å². The zero-order chi connectivity index (χ0) is 13.7. The first-order valence-corrected chi connectivity index (χ1v) is 6.82. The van der Waals surface area contributed by atoms with Gasteiger partial charge in [-0.2, -0.15) is 0 Å². The highest BCUT2D eigenvalue weighted by Gasteiger charge is 2.22. The Kier molecular flexibility index (Phi) is 5.05. The average molecular weight is 265 g/mol. The van der Waals surface area contributed by atoms with Crippen LogP contribution in [0.1, 0.15) is 13.8 Å². The number of methoxy groups -OCH3 is 1. The number of nitrogens with zero attached hydrogens (tertiary/aromatic N) is 1. The standard InChI is InChI=1S/C15H23NO3/c1-12-11-19-13(2)10-16(12)8-9-18-15-7-5-4-6-14(15)17-3/h4-7,12-13H,8-11H2,1-3H3/t12-,13+/m1/s1. The van der Waals surface area contributed by atoms with Crippen molar-refractivity contribution in [3.05, 3.63) is 24.3 Å². The van der Waals surface area contributed by atoms with Gasteiger partial charge in [-0.3, -0.25) is 4.90 Å². The monoisotopic (exact) mass is 265 g/mol. The van der Waals surface area contributed by atoms with E-state index in [1.165, 1.54) is 0 Å². The lowest BCUT2D eigenvalue weighted by atomic mass is 10.2. The fourth-order valence-electron chi connectivity index (χ4n) is 2.29. The first-order chi connectivity index (χ1) is 9.20. The molecule has 0 saturated carbocycles. The minimum Gasteiger partial charge on any atom is -0.493 e. The molecule has 4 heteroatoms. The van der Waals surface area contributed by atoms with Crippen molar-refractivity contribution in [2.24, 2.45) is 0 Å². The first kappa shape index (κ1) is 14.2. The molecule has 1 heterocycles. The van der Waals surface area contributed by atoms with E-state index in [4.69, 9.17) is 14.2 Å². The second-order valence-corrected chi connectivity index (χ2v) is 4.99. The molecular weight excluding hydrogens is 242 g/mol. The van der Waals surface area contributed by atoms with Crippen molar-refractivity contribution in [3.63, 3.8) is 0 Å². The highest BCUT2D eigenvalue weighted by molar-refractivity contribution is 5.39. The fourth-order valence-corrected chi connectivity index (χ4v) is 2.29. The molecule has 1 saturated heterocycles. The largest absolute Gasteiger partial charge is 0.493 e. The third-order valence-electron chi connectivity index (χ3n) is 3.44. The van der Waals surface area contributed by atoms with Crippen LogP contribution in [0.3, 0.4) is 0 Å². The molecule has 2 atom stereocenters. The summed E-state index contributed by atoms with van der Waals surface area (Å²) in [5, 5.41) is 0. The maximum Gasteiger partial charge on any atom is 0.161 e. The van der Waals surface area contributed by atoms with Crippen LogP contribution in [-0.4, -0.2) is 50.5 Å². The summed E-state index contributed by atoms with van der Waals surface area (Å²) in [6.45, 7) is 7.64. The number of ether oxygens (including phenoxy) is 3. The van der Waals surface area contributed by atoms with Gasteiger partial charge in [0, 0.05) is 19.1 Å². The molecule has 0 spiro atoms. The summed E-state index contributed by atoms with van der Waals surface area (Å²) in [4.78, 5) is 2.41. The van der Waals surface area contributed by atoms with Crippen LogP contribution >= 0.6 is 0 Å². The lowest BCUT2D eigenvalue weighted by molar-refractivity contribution is -0.0523. The van der Waals surface area contributed by atoms with Crippen molar-refractivity contribution in [3.8, 4) is 11.5 Å². The van der Waals surface area contributed by atoms with E-state index in [0.717, 1.165) is 31.2 Å². The van der Waals surface area contributed by atoms with E-state index in [2.05, 4.69) is 18.7 Å². The molecule has 1 aliphatic rings. The lowest BCUT2D eigenvalue weighted by Gasteiger charge is -2.36. The van der Waals surface area contributed by atoms with E-state index >= 15 is 0 Å². The van der Waals surface area contributed by atoms with Crippen molar-refractivity contribution in [1.82, 2.24) is 4.90 Å². The normalized spacial score (nSPS) is 24.2. The van der Waals surface area contributed by atoms with Crippen molar-refractivity contribution in [1.29, 1.82) is 0 Å². The Morgan fingerprint density at radius 1 is 1.26 bits per heavy atom. The molecule has 1 fully saturated rings. The zero-order valence-corrected chi connectivity index (χ0v) is 12.0. The van der Waals surface area contributed by atoms with Crippen molar-refractivity contribution in [2.45, 2.75) is 26.0 Å². The molecule has 0 amide bonds. The Labute approximate surface area is 115 Å². The van der Waals surface area contributed by atoms with E-state index in [-0.39, 0.29) is 0 Å². The Bertz CT molecular complexity index is 397. The van der Waals surface area contributed by atoms with E-state index < -0.39 is 0 Å². The number of rotatable bonds is 5. The van der Waals surface area contributed by atoms with Gasteiger partial charge in [0.15, 0.2) is 11.5 Å². The van der Waals surface area contributed by atoms with Crippen LogP contribution in [0.5, 0.6) is 11.5 Å². The molecule has 106 valence electrons. The van der Waals surface area contributed by atoms with Gasteiger partial charge in [0.05, 0.1) is 19.8 Å². The van der Waals surface area contributed by atoms with Gasteiger partial charge in [0.2, 0.25) is 0 Å². The summed E-state index contributed by atoms with van der Waals surface area (Å²) in [6.07, 6.45) is 0.308. The molecule has 4 nitrogen and oxygen atoms in total.